The predicted octanol–water partition coefficient (Wildman–Crippen LogP) is 3.00. The van der Waals surface area contributed by atoms with Crippen LogP contribution in [0.1, 0.15) is 6.92 Å². The summed E-state index contributed by atoms with van der Waals surface area (Å²) in [6.07, 6.45) is 0. The van der Waals surface area contributed by atoms with Gasteiger partial charge < -0.3 is 14.4 Å². The zero-order valence-electron chi connectivity index (χ0n) is 13.7. The molecule has 0 radical (unpaired) electrons. The number of ether oxygens (including phenoxy) is 2. The average molecular weight is 344 g/mol. The predicted molar refractivity (Wildman–Crippen MR) is 98.7 cm³/mol. The van der Waals surface area contributed by atoms with E-state index in [-0.39, 0.29) is 12.5 Å². The molecule has 0 unspecified atom stereocenters. The van der Waals surface area contributed by atoms with Crippen molar-refractivity contribution in [1.82, 2.24) is 5.32 Å². The SMILES string of the molecule is CCN(C(=S)NC(=O)COc1ccc(OC)cc1)c1ccccc1. The standard InChI is InChI=1S/C18H20N2O3S/c1-3-20(14-7-5-4-6-8-14)18(24)19-17(21)13-23-16-11-9-15(22-2)10-12-16/h4-12H,3,13H2,1-2H3,(H,19,21,24). The minimum atomic E-state index is -0.301. The lowest BCUT2D eigenvalue weighted by molar-refractivity contribution is -0.121. The Kier molecular flexibility index (Phi) is 6.57. The van der Waals surface area contributed by atoms with E-state index >= 15 is 0 Å². The number of para-hydroxylation sites is 1. The Labute approximate surface area is 147 Å². The van der Waals surface area contributed by atoms with Crippen LogP contribution >= 0.6 is 12.2 Å². The number of thiocarbonyl (C=S) groups is 1. The summed E-state index contributed by atoms with van der Waals surface area (Å²) in [4.78, 5) is 13.9. The number of nitrogens with zero attached hydrogens (tertiary/aromatic N) is 1. The number of amides is 1. The van der Waals surface area contributed by atoms with Gasteiger partial charge in [-0.15, -0.1) is 0 Å². The molecule has 126 valence electrons. The molecular weight excluding hydrogens is 324 g/mol. The summed E-state index contributed by atoms with van der Waals surface area (Å²) in [5.41, 5.74) is 0.932. The van der Waals surface area contributed by atoms with Crippen molar-refractivity contribution in [1.29, 1.82) is 0 Å². The number of methoxy groups -OCH3 is 1. The Hall–Kier alpha value is -2.60. The molecule has 0 aliphatic carbocycles. The normalized spacial score (nSPS) is 9.92. The number of rotatable bonds is 6. The van der Waals surface area contributed by atoms with E-state index < -0.39 is 0 Å². The Morgan fingerprint density at radius 1 is 1.08 bits per heavy atom. The second-order valence-corrected chi connectivity index (χ2v) is 5.28. The quantitative estimate of drug-likeness (QED) is 0.817. The Balaban J connectivity index is 1.87. The molecule has 0 aromatic heterocycles. The molecule has 0 fully saturated rings. The van der Waals surface area contributed by atoms with Crippen molar-refractivity contribution in [3.8, 4) is 11.5 Å². The van der Waals surface area contributed by atoms with Gasteiger partial charge in [-0.2, -0.15) is 0 Å². The smallest absolute Gasteiger partial charge is 0.264 e. The summed E-state index contributed by atoms with van der Waals surface area (Å²) in [6, 6.07) is 16.7. The van der Waals surface area contributed by atoms with Crippen LogP contribution in [0.15, 0.2) is 54.6 Å². The summed E-state index contributed by atoms with van der Waals surface area (Å²) in [5, 5.41) is 3.04. The van der Waals surface area contributed by atoms with Crippen molar-refractivity contribution >= 4 is 28.9 Å². The highest BCUT2D eigenvalue weighted by molar-refractivity contribution is 7.80. The average Bonchev–Trinajstić information content (AvgIpc) is 2.62. The van der Waals surface area contributed by atoms with Crippen molar-refractivity contribution in [2.45, 2.75) is 6.92 Å². The number of hydrogen-bond donors (Lipinski definition) is 1. The molecule has 0 aliphatic rings. The summed E-state index contributed by atoms with van der Waals surface area (Å²) >= 11 is 5.32. The number of anilines is 1. The molecule has 24 heavy (non-hydrogen) atoms. The van der Waals surface area contributed by atoms with Crippen molar-refractivity contribution in [2.75, 3.05) is 25.2 Å². The van der Waals surface area contributed by atoms with E-state index in [1.54, 1.807) is 31.4 Å². The molecule has 0 heterocycles. The zero-order valence-corrected chi connectivity index (χ0v) is 14.5. The van der Waals surface area contributed by atoms with Crippen LogP contribution in [0.2, 0.25) is 0 Å². The van der Waals surface area contributed by atoms with Gasteiger partial charge in [-0.05, 0) is 55.5 Å². The molecule has 2 aromatic rings. The first kappa shape index (κ1) is 17.7. The molecule has 0 saturated heterocycles. The third-order valence-corrected chi connectivity index (χ3v) is 3.63. The van der Waals surface area contributed by atoms with Crippen LogP contribution in [-0.4, -0.2) is 31.3 Å². The molecule has 0 atom stereocenters. The van der Waals surface area contributed by atoms with Crippen molar-refractivity contribution in [3.05, 3.63) is 54.6 Å². The first-order valence-corrected chi connectivity index (χ1v) is 7.98. The third-order valence-electron chi connectivity index (χ3n) is 3.30. The fourth-order valence-corrected chi connectivity index (χ4v) is 2.44. The number of carbonyl (C=O) groups is 1. The van der Waals surface area contributed by atoms with Crippen LogP contribution in [0.25, 0.3) is 0 Å². The Bertz CT molecular complexity index is 674. The molecule has 5 nitrogen and oxygen atoms in total. The first-order chi connectivity index (χ1) is 11.6. The van der Waals surface area contributed by atoms with Crippen LogP contribution in [0.3, 0.4) is 0 Å². The maximum Gasteiger partial charge on any atom is 0.264 e. The highest BCUT2D eigenvalue weighted by Crippen LogP contribution is 2.17. The molecular formula is C18H20N2O3S. The van der Waals surface area contributed by atoms with Gasteiger partial charge in [0.1, 0.15) is 11.5 Å². The number of carbonyl (C=O) groups excluding carboxylic acids is 1. The van der Waals surface area contributed by atoms with Gasteiger partial charge in [0.25, 0.3) is 5.91 Å². The minimum absolute atomic E-state index is 0.112. The van der Waals surface area contributed by atoms with Crippen LogP contribution in [0.5, 0.6) is 11.5 Å². The first-order valence-electron chi connectivity index (χ1n) is 7.57. The molecule has 1 N–H and O–H groups in total. The molecule has 2 aromatic carbocycles. The van der Waals surface area contributed by atoms with E-state index in [4.69, 9.17) is 21.7 Å². The van der Waals surface area contributed by atoms with E-state index in [0.29, 0.717) is 17.4 Å². The monoisotopic (exact) mass is 344 g/mol. The van der Waals surface area contributed by atoms with Crippen LogP contribution in [0, 0.1) is 0 Å². The van der Waals surface area contributed by atoms with Gasteiger partial charge in [0.15, 0.2) is 11.7 Å². The maximum absolute atomic E-state index is 12.0. The second-order valence-electron chi connectivity index (χ2n) is 4.90. The fourth-order valence-electron chi connectivity index (χ4n) is 2.10. The zero-order chi connectivity index (χ0) is 17.4. The van der Waals surface area contributed by atoms with Gasteiger partial charge in [-0.25, -0.2) is 0 Å². The van der Waals surface area contributed by atoms with Gasteiger partial charge in [-0.1, -0.05) is 18.2 Å². The topological polar surface area (TPSA) is 50.8 Å². The van der Waals surface area contributed by atoms with Crippen molar-refractivity contribution in [3.63, 3.8) is 0 Å². The highest BCUT2D eigenvalue weighted by atomic mass is 32.1. The van der Waals surface area contributed by atoms with Gasteiger partial charge >= 0.3 is 0 Å². The fraction of sp³-hybridized carbons (Fsp3) is 0.222. The van der Waals surface area contributed by atoms with Crippen molar-refractivity contribution in [2.24, 2.45) is 0 Å². The Morgan fingerprint density at radius 2 is 1.71 bits per heavy atom. The van der Waals surface area contributed by atoms with Crippen LogP contribution in [-0.2, 0) is 4.79 Å². The van der Waals surface area contributed by atoms with Crippen LogP contribution in [0.4, 0.5) is 5.69 Å². The largest absolute Gasteiger partial charge is 0.497 e. The second kappa shape index (κ2) is 8.88. The van der Waals surface area contributed by atoms with Gasteiger partial charge in [0.2, 0.25) is 0 Å². The summed E-state index contributed by atoms with van der Waals surface area (Å²) in [5.74, 6) is 1.02. The summed E-state index contributed by atoms with van der Waals surface area (Å²) in [7, 11) is 1.59. The molecule has 0 saturated carbocycles. The number of nitrogens with one attached hydrogen (secondary N) is 1. The maximum atomic E-state index is 12.0. The molecule has 0 bridgehead atoms. The molecule has 0 spiro atoms. The Morgan fingerprint density at radius 3 is 2.29 bits per heavy atom. The van der Waals surface area contributed by atoms with E-state index in [1.165, 1.54) is 0 Å². The van der Waals surface area contributed by atoms with Gasteiger partial charge in [0.05, 0.1) is 7.11 Å². The molecule has 6 heteroatoms. The van der Waals surface area contributed by atoms with E-state index in [1.807, 2.05) is 42.2 Å². The minimum Gasteiger partial charge on any atom is -0.497 e. The number of hydrogen-bond acceptors (Lipinski definition) is 4. The van der Waals surface area contributed by atoms with E-state index in [9.17, 15) is 4.79 Å². The van der Waals surface area contributed by atoms with E-state index in [0.717, 1.165) is 11.4 Å². The van der Waals surface area contributed by atoms with Crippen molar-refractivity contribution < 1.29 is 14.3 Å². The summed E-state index contributed by atoms with van der Waals surface area (Å²) < 4.78 is 10.5. The van der Waals surface area contributed by atoms with Gasteiger partial charge in [-0.3, -0.25) is 10.1 Å². The third kappa shape index (κ3) is 4.96. The molecule has 0 aliphatic heterocycles. The number of benzene rings is 2. The highest BCUT2D eigenvalue weighted by Gasteiger charge is 2.13. The lowest BCUT2D eigenvalue weighted by Crippen LogP contribution is -2.44. The molecule has 1 amide bonds. The lowest BCUT2D eigenvalue weighted by atomic mass is 10.3. The summed E-state index contributed by atoms with van der Waals surface area (Å²) in [6.45, 7) is 2.51. The van der Waals surface area contributed by atoms with E-state index in [2.05, 4.69) is 5.32 Å². The van der Waals surface area contributed by atoms with Crippen LogP contribution < -0.4 is 19.7 Å². The lowest BCUT2D eigenvalue weighted by Gasteiger charge is -2.23. The molecule has 2 rings (SSSR count). The van der Waals surface area contributed by atoms with Gasteiger partial charge in [0, 0.05) is 12.2 Å².